The van der Waals surface area contributed by atoms with Gasteiger partial charge >= 0.3 is 10.1 Å². The first kappa shape index (κ1) is 19.2. The Kier molecular flexibility index (Phi) is 5.18. The molecule has 3 rings (SSSR count). The molecule has 0 saturated carbocycles. The molecule has 2 aromatic carbocycles. The van der Waals surface area contributed by atoms with Crippen molar-refractivity contribution in [2.45, 2.75) is 11.8 Å². The Morgan fingerprint density at radius 3 is 2.25 bits per heavy atom. The van der Waals surface area contributed by atoms with E-state index in [1.165, 1.54) is 43.3 Å². The number of pyridine rings is 1. The van der Waals surface area contributed by atoms with E-state index in [2.05, 4.69) is 4.98 Å². The van der Waals surface area contributed by atoms with Crippen molar-refractivity contribution >= 4 is 21.6 Å². The maximum absolute atomic E-state index is 12.9. The zero-order chi connectivity index (χ0) is 20.3. The molecule has 142 valence electrons. The van der Waals surface area contributed by atoms with Crippen LogP contribution < -0.4 is 4.18 Å². The second kappa shape index (κ2) is 7.57. The number of para-hydroxylation sites is 1. The molecule has 0 atom stereocenters. The van der Waals surface area contributed by atoms with Gasteiger partial charge in [0.1, 0.15) is 5.75 Å². The summed E-state index contributed by atoms with van der Waals surface area (Å²) in [6.45, 7) is 1.39. The predicted octanol–water partition coefficient (Wildman–Crippen LogP) is 3.63. The Morgan fingerprint density at radius 2 is 1.68 bits per heavy atom. The molecule has 9 heteroatoms. The highest BCUT2D eigenvalue weighted by Crippen LogP contribution is 2.34. The van der Waals surface area contributed by atoms with E-state index >= 15 is 0 Å². The number of nitro groups is 1. The lowest BCUT2D eigenvalue weighted by atomic mass is 10.1. The third-order valence-electron chi connectivity index (χ3n) is 3.84. The molecule has 1 aromatic heterocycles. The van der Waals surface area contributed by atoms with Crippen LogP contribution in [0.4, 0.5) is 5.69 Å². The molecule has 8 nitrogen and oxygen atoms in total. The highest BCUT2D eigenvalue weighted by atomic mass is 32.2. The lowest BCUT2D eigenvalue weighted by Gasteiger charge is -2.11. The monoisotopic (exact) mass is 398 g/mol. The van der Waals surface area contributed by atoms with Crippen LogP contribution in [0.3, 0.4) is 0 Å². The van der Waals surface area contributed by atoms with Crippen molar-refractivity contribution in [3.8, 4) is 17.0 Å². The maximum Gasteiger partial charge on any atom is 0.348 e. The highest BCUT2D eigenvalue weighted by molar-refractivity contribution is 7.87. The molecule has 3 aromatic rings. The first-order chi connectivity index (χ1) is 13.3. The van der Waals surface area contributed by atoms with Crippen LogP contribution in [0.2, 0.25) is 0 Å². The number of hydrogen-bond acceptors (Lipinski definition) is 7. The van der Waals surface area contributed by atoms with Crippen molar-refractivity contribution in [3.63, 3.8) is 0 Å². The van der Waals surface area contributed by atoms with E-state index in [0.717, 1.165) is 12.3 Å². The van der Waals surface area contributed by atoms with Crippen LogP contribution >= 0.6 is 0 Å². The average molecular weight is 398 g/mol. The van der Waals surface area contributed by atoms with Crippen LogP contribution in [-0.4, -0.2) is 24.1 Å². The summed E-state index contributed by atoms with van der Waals surface area (Å²) in [5, 5.41) is 11.5. The summed E-state index contributed by atoms with van der Waals surface area (Å²) < 4.78 is 30.8. The van der Waals surface area contributed by atoms with Crippen molar-refractivity contribution in [1.82, 2.24) is 4.98 Å². The minimum absolute atomic E-state index is 0.0125. The molecule has 0 unspecified atom stereocenters. The fourth-order valence-corrected chi connectivity index (χ4v) is 3.79. The lowest BCUT2D eigenvalue weighted by molar-refractivity contribution is -0.387. The summed E-state index contributed by atoms with van der Waals surface area (Å²) >= 11 is 0. The van der Waals surface area contributed by atoms with Crippen LogP contribution in [0.15, 0.2) is 71.8 Å². The number of Topliss-reactive ketones (excluding diaryl/α,β-unsaturated/α-hetero) is 1. The van der Waals surface area contributed by atoms with Crippen LogP contribution in [-0.2, 0) is 10.1 Å². The van der Waals surface area contributed by atoms with E-state index in [4.69, 9.17) is 4.18 Å². The van der Waals surface area contributed by atoms with Crippen molar-refractivity contribution < 1.29 is 22.3 Å². The molecule has 0 saturated heterocycles. The molecule has 1 heterocycles. The smallest absolute Gasteiger partial charge is 0.348 e. The molecule has 0 radical (unpaired) electrons. The number of rotatable bonds is 6. The van der Waals surface area contributed by atoms with Gasteiger partial charge in [0.05, 0.1) is 10.6 Å². The Bertz CT molecular complexity index is 1140. The molecule has 0 amide bonds. The molecular weight excluding hydrogens is 384 g/mol. The van der Waals surface area contributed by atoms with Gasteiger partial charge in [0, 0.05) is 23.4 Å². The fourth-order valence-electron chi connectivity index (χ4n) is 2.54. The van der Waals surface area contributed by atoms with Gasteiger partial charge in [-0.15, -0.1) is 0 Å². The van der Waals surface area contributed by atoms with E-state index in [1.54, 1.807) is 18.2 Å². The van der Waals surface area contributed by atoms with Crippen molar-refractivity contribution in [1.29, 1.82) is 0 Å². The minimum atomic E-state index is -4.57. The Balaban J connectivity index is 2.18. The summed E-state index contributed by atoms with van der Waals surface area (Å²) in [5.74, 6) is -0.155. The van der Waals surface area contributed by atoms with Gasteiger partial charge in [0.25, 0.3) is 5.69 Å². The third-order valence-corrected chi connectivity index (χ3v) is 5.16. The average Bonchev–Trinajstić information content (AvgIpc) is 2.68. The first-order valence-electron chi connectivity index (χ1n) is 8.04. The number of nitrogens with zero attached hydrogens (tertiary/aromatic N) is 2. The van der Waals surface area contributed by atoms with Gasteiger partial charge in [0.2, 0.25) is 4.90 Å². The first-order valence-corrected chi connectivity index (χ1v) is 9.45. The standard InChI is InChI=1S/C19H14N2O6S/c1-13(22)14-7-9-15(10-8-14)18-19(17(21(23)24)11-12-20-18)28(25,26)27-16-5-3-2-4-6-16/h2-12H,1H3. The fraction of sp³-hybridized carbons (Fsp3) is 0.0526. The topological polar surface area (TPSA) is 116 Å². The third kappa shape index (κ3) is 3.89. The number of hydrogen-bond donors (Lipinski definition) is 0. The van der Waals surface area contributed by atoms with Crippen molar-refractivity contribution in [2.24, 2.45) is 0 Å². The number of carbonyl (C=O) groups is 1. The zero-order valence-corrected chi connectivity index (χ0v) is 15.4. The van der Waals surface area contributed by atoms with Crippen molar-refractivity contribution in [2.75, 3.05) is 0 Å². The lowest BCUT2D eigenvalue weighted by Crippen LogP contribution is -2.14. The van der Waals surface area contributed by atoms with Crippen LogP contribution in [0.1, 0.15) is 17.3 Å². The van der Waals surface area contributed by atoms with E-state index in [0.29, 0.717) is 11.1 Å². The van der Waals surface area contributed by atoms with Gasteiger partial charge in [-0.25, -0.2) is 0 Å². The number of benzene rings is 2. The quantitative estimate of drug-likeness (QED) is 0.269. The molecular formula is C19H14N2O6S. The summed E-state index contributed by atoms with van der Waals surface area (Å²) in [5.41, 5.74) is -0.0835. The molecule has 0 spiro atoms. The number of carbonyl (C=O) groups excluding carboxylic acids is 1. The van der Waals surface area contributed by atoms with Crippen LogP contribution in [0.5, 0.6) is 5.75 Å². The Hall–Kier alpha value is -3.59. The van der Waals surface area contributed by atoms with Gasteiger partial charge in [-0.3, -0.25) is 19.9 Å². The highest BCUT2D eigenvalue weighted by Gasteiger charge is 2.33. The molecule has 28 heavy (non-hydrogen) atoms. The van der Waals surface area contributed by atoms with E-state index < -0.39 is 25.6 Å². The second-order valence-corrected chi connectivity index (χ2v) is 7.23. The number of aromatic nitrogens is 1. The predicted molar refractivity (Wildman–Crippen MR) is 101 cm³/mol. The summed E-state index contributed by atoms with van der Waals surface area (Å²) in [7, 11) is -4.57. The normalized spacial score (nSPS) is 11.0. The molecule has 0 aliphatic carbocycles. The summed E-state index contributed by atoms with van der Waals surface area (Å²) in [4.78, 5) is 25.5. The van der Waals surface area contributed by atoms with Gasteiger partial charge < -0.3 is 4.18 Å². The Morgan fingerprint density at radius 1 is 1.04 bits per heavy atom. The molecule has 0 bridgehead atoms. The van der Waals surface area contributed by atoms with Crippen LogP contribution in [0, 0.1) is 10.1 Å². The SMILES string of the molecule is CC(=O)c1ccc(-c2nccc([N+](=O)[O-])c2S(=O)(=O)Oc2ccccc2)cc1. The molecule has 0 aliphatic heterocycles. The molecule has 0 fully saturated rings. The molecule has 0 aliphatic rings. The molecule has 0 N–H and O–H groups in total. The van der Waals surface area contributed by atoms with E-state index in [9.17, 15) is 23.3 Å². The van der Waals surface area contributed by atoms with E-state index in [1.807, 2.05) is 0 Å². The van der Waals surface area contributed by atoms with Gasteiger partial charge in [-0.2, -0.15) is 8.42 Å². The number of ketones is 1. The zero-order valence-electron chi connectivity index (χ0n) is 14.6. The minimum Gasteiger partial charge on any atom is -0.379 e. The van der Waals surface area contributed by atoms with E-state index in [-0.39, 0.29) is 17.2 Å². The van der Waals surface area contributed by atoms with Gasteiger partial charge in [0.15, 0.2) is 5.78 Å². The second-order valence-electron chi connectivity index (χ2n) is 5.75. The van der Waals surface area contributed by atoms with Gasteiger partial charge in [-0.1, -0.05) is 42.5 Å². The Labute approximate surface area is 160 Å². The summed E-state index contributed by atoms with van der Waals surface area (Å²) in [6, 6.07) is 14.6. The summed E-state index contributed by atoms with van der Waals surface area (Å²) in [6.07, 6.45) is 1.15. The maximum atomic E-state index is 12.9. The largest absolute Gasteiger partial charge is 0.379 e. The van der Waals surface area contributed by atoms with Crippen molar-refractivity contribution in [3.05, 3.63) is 82.5 Å². The van der Waals surface area contributed by atoms with Gasteiger partial charge in [-0.05, 0) is 19.1 Å². The van der Waals surface area contributed by atoms with Crippen LogP contribution in [0.25, 0.3) is 11.3 Å².